The Hall–Kier alpha value is -0.770. The Kier molecular flexibility index (Phi) is 10.6. The summed E-state index contributed by atoms with van der Waals surface area (Å²) in [6.07, 6.45) is 4.27. The maximum absolute atomic E-state index is 11.5. The molecule has 19 heavy (non-hydrogen) atoms. The Balaban J connectivity index is 0.00000324. The molecule has 1 amide bonds. The lowest BCUT2D eigenvalue weighted by Gasteiger charge is -2.05. The molecule has 0 unspecified atom stereocenters. The van der Waals surface area contributed by atoms with E-state index >= 15 is 0 Å². The van der Waals surface area contributed by atoms with Crippen LogP contribution in [0.15, 0.2) is 24.3 Å². The number of nitrogens with one attached hydrogen (secondary N) is 1. The summed E-state index contributed by atoms with van der Waals surface area (Å²) < 4.78 is 0. The fourth-order valence-electron chi connectivity index (χ4n) is 1.69. The minimum atomic E-state index is 0. The minimum Gasteiger partial charge on any atom is -0.356 e. The average molecular weight is 305 g/mol. The van der Waals surface area contributed by atoms with E-state index in [1.54, 1.807) is 0 Å². The van der Waals surface area contributed by atoms with E-state index < -0.39 is 0 Å². The van der Waals surface area contributed by atoms with Crippen LogP contribution in [0.25, 0.3) is 0 Å². The predicted molar refractivity (Wildman–Crippen MR) is 82.9 cm³/mol. The highest BCUT2D eigenvalue weighted by atomic mass is 35.5. The summed E-state index contributed by atoms with van der Waals surface area (Å²) in [5, 5.41) is 3.64. The van der Waals surface area contributed by atoms with E-state index in [-0.39, 0.29) is 18.3 Å². The Bertz CT molecular complexity index is 355. The monoisotopic (exact) mass is 304 g/mol. The van der Waals surface area contributed by atoms with Crippen molar-refractivity contribution in [2.45, 2.75) is 32.1 Å². The van der Waals surface area contributed by atoms with Gasteiger partial charge in [0.05, 0.1) is 0 Å². The van der Waals surface area contributed by atoms with E-state index in [9.17, 15) is 4.79 Å². The van der Waals surface area contributed by atoms with Crippen LogP contribution in [0.1, 0.15) is 31.2 Å². The van der Waals surface area contributed by atoms with Crippen LogP contribution in [-0.4, -0.2) is 19.0 Å². The van der Waals surface area contributed by atoms with Crippen molar-refractivity contribution >= 4 is 29.9 Å². The predicted octanol–water partition coefficient (Wildman–Crippen LogP) is 2.94. The van der Waals surface area contributed by atoms with Crippen molar-refractivity contribution in [3.05, 3.63) is 34.9 Å². The van der Waals surface area contributed by atoms with Gasteiger partial charge in [0.25, 0.3) is 0 Å². The number of carbonyl (C=O) groups excluding carboxylic acids is 1. The number of hydrogen-bond donors (Lipinski definition) is 2. The molecule has 0 saturated carbocycles. The summed E-state index contributed by atoms with van der Waals surface area (Å²) in [5.41, 5.74) is 6.60. The lowest BCUT2D eigenvalue weighted by molar-refractivity contribution is -0.121. The van der Waals surface area contributed by atoms with Crippen LogP contribution in [0.3, 0.4) is 0 Å². The van der Waals surface area contributed by atoms with Crippen molar-refractivity contribution in [2.75, 3.05) is 13.1 Å². The van der Waals surface area contributed by atoms with Gasteiger partial charge in [-0.05, 0) is 49.9 Å². The summed E-state index contributed by atoms with van der Waals surface area (Å²) in [6.45, 7) is 1.42. The van der Waals surface area contributed by atoms with E-state index in [1.165, 1.54) is 5.56 Å². The number of halogens is 2. The number of amides is 1. The quantitative estimate of drug-likeness (QED) is 0.726. The van der Waals surface area contributed by atoms with Crippen molar-refractivity contribution in [1.82, 2.24) is 5.32 Å². The van der Waals surface area contributed by atoms with Crippen molar-refractivity contribution in [2.24, 2.45) is 5.73 Å². The highest BCUT2D eigenvalue weighted by molar-refractivity contribution is 6.30. The van der Waals surface area contributed by atoms with Gasteiger partial charge in [0.2, 0.25) is 5.91 Å². The van der Waals surface area contributed by atoms with Crippen molar-refractivity contribution < 1.29 is 4.79 Å². The molecule has 1 aromatic rings. The number of rotatable bonds is 8. The number of carbonyl (C=O) groups is 1. The molecule has 3 nitrogen and oxygen atoms in total. The molecule has 108 valence electrons. The van der Waals surface area contributed by atoms with Crippen LogP contribution >= 0.6 is 24.0 Å². The molecule has 0 aliphatic heterocycles. The SMILES string of the molecule is Cl.NCCCCNC(=O)CCCc1ccc(Cl)cc1. The number of aryl methyl sites for hydroxylation is 1. The topological polar surface area (TPSA) is 55.1 Å². The fourth-order valence-corrected chi connectivity index (χ4v) is 1.82. The Morgan fingerprint density at radius 1 is 1.16 bits per heavy atom. The Labute approximate surface area is 126 Å². The van der Waals surface area contributed by atoms with Gasteiger partial charge in [-0.2, -0.15) is 0 Å². The number of nitrogens with two attached hydrogens (primary N) is 1. The van der Waals surface area contributed by atoms with Crippen LogP contribution in [-0.2, 0) is 11.2 Å². The van der Waals surface area contributed by atoms with Gasteiger partial charge in [-0.1, -0.05) is 23.7 Å². The Morgan fingerprint density at radius 3 is 2.47 bits per heavy atom. The van der Waals surface area contributed by atoms with Crippen molar-refractivity contribution in [3.63, 3.8) is 0 Å². The lowest BCUT2D eigenvalue weighted by atomic mass is 10.1. The average Bonchev–Trinajstić information content (AvgIpc) is 2.37. The van der Waals surface area contributed by atoms with E-state index in [2.05, 4.69) is 5.32 Å². The summed E-state index contributed by atoms with van der Waals surface area (Å²) in [7, 11) is 0. The highest BCUT2D eigenvalue weighted by Gasteiger charge is 2.01. The normalized spacial score (nSPS) is 9.79. The second-order valence-electron chi connectivity index (χ2n) is 4.33. The van der Waals surface area contributed by atoms with Gasteiger partial charge < -0.3 is 11.1 Å². The van der Waals surface area contributed by atoms with Crippen LogP contribution in [0.4, 0.5) is 0 Å². The zero-order valence-corrected chi connectivity index (χ0v) is 12.6. The molecule has 5 heteroatoms. The molecule has 0 atom stereocenters. The third-order valence-electron chi connectivity index (χ3n) is 2.74. The molecule has 0 saturated heterocycles. The largest absolute Gasteiger partial charge is 0.356 e. The van der Waals surface area contributed by atoms with E-state index in [0.717, 1.165) is 37.3 Å². The van der Waals surface area contributed by atoms with E-state index in [0.29, 0.717) is 13.0 Å². The second kappa shape index (κ2) is 11.1. The van der Waals surface area contributed by atoms with Gasteiger partial charge in [0.1, 0.15) is 0 Å². The first kappa shape index (κ1) is 18.2. The molecule has 0 radical (unpaired) electrons. The molecule has 0 spiro atoms. The first-order valence-electron chi connectivity index (χ1n) is 6.43. The summed E-state index contributed by atoms with van der Waals surface area (Å²) >= 11 is 5.81. The maximum Gasteiger partial charge on any atom is 0.220 e. The molecule has 0 aliphatic carbocycles. The first-order valence-corrected chi connectivity index (χ1v) is 6.81. The molecule has 1 aromatic carbocycles. The summed E-state index contributed by atoms with van der Waals surface area (Å²) in [5.74, 6) is 0.126. The smallest absolute Gasteiger partial charge is 0.220 e. The van der Waals surface area contributed by atoms with Crippen LogP contribution in [0.2, 0.25) is 5.02 Å². The molecule has 0 heterocycles. The van der Waals surface area contributed by atoms with Gasteiger partial charge in [-0.15, -0.1) is 12.4 Å². The fraction of sp³-hybridized carbons (Fsp3) is 0.500. The summed E-state index contributed by atoms with van der Waals surface area (Å²) in [4.78, 5) is 11.5. The first-order chi connectivity index (χ1) is 8.72. The minimum absolute atomic E-state index is 0. The van der Waals surface area contributed by atoms with Crippen LogP contribution in [0.5, 0.6) is 0 Å². The van der Waals surface area contributed by atoms with Crippen molar-refractivity contribution in [1.29, 1.82) is 0 Å². The molecule has 3 N–H and O–H groups in total. The zero-order chi connectivity index (χ0) is 13.2. The van der Waals surface area contributed by atoms with Crippen LogP contribution < -0.4 is 11.1 Å². The molecule has 0 aliphatic rings. The van der Waals surface area contributed by atoms with E-state index in [1.807, 2.05) is 24.3 Å². The molecule has 0 bridgehead atoms. The number of hydrogen-bond acceptors (Lipinski definition) is 2. The molecular formula is C14H22Cl2N2O. The number of unbranched alkanes of at least 4 members (excludes halogenated alkanes) is 1. The van der Waals surface area contributed by atoms with Gasteiger partial charge in [-0.3, -0.25) is 4.79 Å². The second-order valence-corrected chi connectivity index (χ2v) is 4.76. The standard InChI is InChI=1S/C14H21ClN2O.ClH/c15-13-8-6-12(7-9-13)4-3-5-14(18)17-11-2-1-10-16;/h6-9H,1-5,10-11,16H2,(H,17,18);1H. The summed E-state index contributed by atoms with van der Waals surface area (Å²) in [6, 6.07) is 7.76. The van der Waals surface area contributed by atoms with Crippen molar-refractivity contribution in [3.8, 4) is 0 Å². The lowest BCUT2D eigenvalue weighted by Crippen LogP contribution is -2.24. The molecule has 1 rings (SSSR count). The van der Waals surface area contributed by atoms with Gasteiger partial charge >= 0.3 is 0 Å². The van der Waals surface area contributed by atoms with Crippen LogP contribution in [0, 0.1) is 0 Å². The Morgan fingerprint density at radius 2 is 1.84 bits per heavy atom. The molecular weight excluding hydrogens is 283 g/mol. The third-order valence-corrected chi connectivity index (χ3v) is 2.99. The van der Waals surface area contributed by atoms with Gasteiger partial charge in [0, 0.05) is 18.0 Å². The molecule has 0 aromatic heterocycles. The van der Waals surface area contributed by atoms with Gasteiger partial charge in [-0.25, -0.2) is 0 Å². The maximum atomic E-state index is 11.5. The zero-order valence-electron chi connectivity index (χ0n) is 11.0. The van der Waals surface area contributed by atoms with Gasteiger partial charge in [0.15, 0.2) is 0 Å². The number of benzene rings is 1. The third kappa shape index (κ3) is 8.87. The van der Waals surface area contributed by atoms with E-state index in [4.69, 9.17) is 17.3 Å². The highest BCUT2D eigenvalue weighted by Crippen LogP contribution is 2.11. The molecule has 0 fully saturated rings.